The zero-order valence-electron chi connectivity index (χ0n) is 15.1. The van der Waals surface area contributed by atoms with Crippen LogP contribution in [0.25, 0.3) is 0 Å². The fourth-order valence-corrected chi connectivity index (χ4v) is 2.52. The van der Waals surface area contributed by atoms with Gasteiger partial charge in [-0.15, -0.1) is 0 Å². The molecule has 1 aromatic heterocycles. The zero-order valence-corrected chi connectivity index (χ0v) is 15.1. The van der Waals surface area contributed by atoms with Crippen LogP contribution in [0.15, 0.2) is 54.6 Å². The molecule has 10 heteroatoms. The van der Waals surface area contributed by atoms with Gasteiger partial charge in [0, 0.05) is 6.54 Å². The number of hydrogen-bond donors (Lipinski definition) is 2. The second kappa shape index (κ2) is 8.36. The lowest BCUT2D eigenvalue weighted by atomic mass is 10.2. The average molecular weight is 423 g/mol. The number of carbonyl (C=O) groups is 1. The summed E-state index contributed by atoms with van der Waals surface area (Å²) in [6, 6.07) is 10.7. The smallest absolute Gasteiger partial charge is 0.419 e. The number of ether oxygens (including phenoxy) is 1. The summed E-state index contributed by atoms with van der Waals surface area (Å²) in [5.41, 5.74) is 4.76. The van der Waals surface area contributed by atoms with E-state index >= 15 is 0 Å². The first-order valence-corrected chi connectivity index (χ1v) is 8.47. The number of nitrogens with one attached hydrogen (secondary N) is 1. The number of halogens is 5. The molecular formula is C20H14F5N3O2. The number of nitrogen functional groups attached to an aromatic ring is 1. The van der Waals surface area contributed by atoms with E-state index in [0.29, 0.717) is 17.7 Å². The zero-order chi connectivity index (χ0) is 21.9. The van der Waals surface area contributed by atoms with Crippen molar-refractivity contribution in [3.8, 4) is 11.5 Å². The van der Waals surface area contributed by atoms with Crippen molar-refractivity contribution >= 4 is 11.7 Å². The highest BCUT2D eigenvalue weighted by Gasteiger charge is 2.34. The number of alkyl halides is 3. The molecule has 0 bridgehead atoms. The van der Waals surface area contributed by atoms with Crippen LogP contribution in [-0.4, -0.2) is 10.9 Å². The highest BCUT2D eigenvalue weighted by atomic mass is 19.4. The topological polar surface area (TPSA) is 77.2 Å². The Kier molecular flexibility index (Phi) is 5.86. The van der Waals surface area contributed by atoms with Crippen LogP contribution in [0.1, 0.15) is 21.5 Å². The predicted octanol–water partition coefficient (Wildman–Crippen LogP) is 4.68. The Morgan fingerprint density at radius 1 is 1.00 bits per heavy atom. The molecule has 3 N–H and O–H groups in total. The minimum atomic E-state index is -4.84. The number of pyridine rings is 1. The molecule has 0 saturated heterocycles. The number of nitrogens with two attached hydrogens (primary N) is 1. The van der Waals surface area contributed by atoms with Gasteiger partial charge in [0.05, 0.1) is 11.1 Å². The van der Waals surface area contributed by atoms with Crippen molar-refractivity contribution in [2.75, 3.05) is 5.73 Å². The molecule has 1 amide bonds. The minimum absolute atomic E-state index is 0.0214. The van der Waals surface area contributed by atoms with Gasteiger partial charge in [-0.2, -0.15) is 17.6 Å². The Hall–Kier alpha value is -3.69. The molecule has 156 valence electrons. The largest absolute Gasteiger partial charge is 0.457 e. The Morgan fingerprint density at radius 2 is 1.67 bits per heavy atom. The van der Waals surface area contributed by atoms with E-state index in [2.05, 4.69) is 10.3 Å². The van der Waals surface area contributed by atoms with Crippen LogP contribution in [0.5, 0.6) is 11.5 Å². The van der Waals surface area contributed by atoms with E-state index in [1.165, 1.54) is 18.2 Å². The quantitative estimate of drug-likeness (QED) is 0.461. The van der Waals surface area contributed by atoms with E-state index in [-0.39, 0.29) is 29.4 Å². The SMILES string of the molecule is Nc1nc(F)ccc1C(=O)NCc1ccc(Oc2ccc(F)c(C(F)(F)F)c2)cc1. The highest BCUT2D eigenvalue weighted by Crippen LogP contribution is 2.34. The Bertz CT molecular complexity index is 1070. The van der Waals surface area contributed by atoms with E-state index in [1.54, 1.807) is 12.1 Å². The Labute approximate surface area is 167 Å². The molecule has 0 saturated carbocycles. The molecule has 0 aliphatic rings. The Balaban J connectivity index is 1.63. The summed E-state index contributed by atoms with van der Waals surface area (Å²) >= 11 is 0. The number of nitrogens with zero attached hydrogens (tertiary/aromatic N) is 1. The molecule has 0 aliphatic heterocycles. The van der Waals surface area contributed by atoms with Crippen LogP contribution >= 0.6 is 0 Å². The van der Waals surface area contributed by atoms with Crippen molar-refractivity contribution in [2.45, 2.75) is 12.7 Å². The van der Waals surface area contributed by atoms with E-state index in [9.17, 15) is 26.7 Å². The van der Waals surface area contributed by atoms with Gasteiger partial charge in [0.1, 0.15) is 23.1 Å². The maximum atomic E-state index is 13.3. The third-order valence-corrected chi connectivity index (χ3v) is 3.99. The van der Waals surface area contributed by atoms with Crippen LogP contribution in [0, 0.1) is 11.8 Å². The molecule has 2 aromatic carbocycles. The van der Waals surface area contributed by atoms with Crippen molar-refractivity contribution < 1.29 is 31.5 Å². The van der Waals surface area contributed by atoms with Gasteiger partial charge < -0.3 is 15.8 Å². The molecule has 3 rings (SSSR count). The van der Waals surface area contributed by atoms with Crippen molar-refractivity contribution in [1.82, 2.24) is 10.3 Å². The minimum Gasteiger partial charge on any atom is -0.457 e. The first kappa shape index (κ1) is 21.0. The van der Waals surface area contributed by atoms with Gasteiger partial charge in [-0.1, -0.05) is 12.1 Å². The first-order chi connectivity index (χ1) is 14.1. The lowest BCUT2D eigenvalue weighted by Gasteiger charge is -2.11. The van der Waals surface area contributed by atoms with E-state index in [4.69, 9.17) is 10.5 Å². The van der Waals surface area contributed by atoms with Crippen molar-refractivity contribution in [2.24, 2.45) is 0 Å². The summed E-state index contributed by atoms with van der Waals surface area (Å²) in [4.78, 5) is 15.5. The molecule has 0 fully saturated rings. The summed E-state index contributed by atoms with van der Waals surface area (Å²) in [5.74, 6) is -2.94. The fraction of sp³-hybridized carbons (Fsp3) is 0.100. The Morgan fingerprint density at radius 3 is 2.30 bits per heavy atom. The molecule has 5 nitrogen and oxygen atoms in total. The number of hydrogen-bond acceptors (Lipinski definition) is 4. The molecule has 0 radical (unpaired) electrons. The van der Waals surface area contributed by atoms with Crippen LogP contribution in [0.2, 0.25) is 0 Å². The lowest BCUT2D eigenvalue weighted by Crippen LogP contribution is -2.24. The maximum absolute atomic E-state index is 13.3. The molecule has 1 heterocycles. The molecule has 0 unspecified atom stereocenters. The summed E-state index contributed by atoms with van der Waals surface area (Å²) < 4.78 is 69.9. The van der Waals surface area contributed by atoms with E-state index in [1.807, 2.05) is 0 Å². The summed E-state index contributed by atoms with van der Waals surface area (Å²) in [7, 11) is 0. The standard InChI is InChI=1S/C20H14F5N3O2/c21-16-7-5-13(9-15(16)20(23,24)25)30-12-3-1-11(2-4-12)10-27-19(29)14-6-8-17(22)28-18(14)26/h1-9H,10H2,(H2,26,28)(H,27,29). The second-order valence-corrected chi connectivity index (χ2v) is 6.13. The molecule has 3 aromatic rings. The normalized spacial score (nSPS) is 11.2. The third kappa shape index (κ3) is 5.02. The molecule has 0 aliphatic carbocycles. The number of rotatable bonds is 5. The highest BCUT2D eigenvalue weighted by molar-refractivity contribution is 5.98. The number of benzene rings is 2. The van der Waals surface area contributed by atoms with Gasteiger partial charge >= 0.3 is 6.18 Å². The van der Waals surface area contributed by atoms with Crippen LogP contribution in [-0.2, 0) is 12.7 Å². The number of aromatic nitrogens is 1. The van der Waals surface area contributed by atoms with Gasteiger partial charge in [0.25, 0.3) is 5.91 Å². The molecular weight excluding hydrogens is 409 g/mol. The van der Waals surface area contributed by atoms with Gasteiger partial charge in [0.2, 0.25) is 5.95 Å². The van der Waals surface area contributed by atoms with E-state index < -0.39 is 29.4 Å². The number of carbonyl (C=O) groups excluding carboxylic acids is 1. The van der Waals surface area contributed by atoms with Crippen LogP contribution in [0.4, 0.5) is 27.8 Å². The average Bonchev–Trinajstić information content (AvgIpc) is 2.68. The van der Waals surface area contributed by atoms with Gasteiger partial charge in [-0.05, 0) is 48.0 Å². The van der Waals surface area contributed by atoms with Gasteiger partial charge in [-0.25, -0.2) is 9.37 Å². The van der Waals surface area contributed by atoms with Crippen LogP contribution < -0.4 is 15.8 Å². The van der Waals surface area contributed by atoms with Crippen LogP contribution in [0.3, 0.4) is 0 Å². The lowest BCUT2D eigenvalue weighted by molar-refractivity contribution is -0.140. The fourth-order valence-electron chi connectivity index (χ4n) is 2.52. The predicted molar refractivity (Wildman–Crippen MR) is 97.7 cm³/mol. The van der Waals surface area contributed by atoms with Crippen molar-refractivity contribution in [1.29, 1.82) is 0 Å². The first-order valence-electron chi connectivity index (χ1n) is 8.47. The monoisotopic (exact) mass is 423 g/mol. The maximum Gasteiger partial charge on any atom is 0.419 e. The van der Waals surface area contributed by atoms with E-state index in [0.717, 1.165) is 12.1 Å². The third-order valence-electron chi connectivity index (χ3n) is 3.99. The number of anilines is 1. The number of amides is 1. The van der Waals surface area contributed by atoms with Gasteiger partial charge in [0.15, 0.2) is 0 Å². The van der Waals surface area contributed by atoms with Gasteiger partial charge in [-0.3, -0.25) is 4.79 Å². The van der Waals surface area contributed by atoms with Crippen molar-refractivity contribution in [3.63, 3.8) is 0 Å². The molecule has 0 atom stereocenters. The van der Waals surface area contributed by atoms with Crippen molar-refractivity contribution in [3.05, 3.63) is 83.1 Å². The summed E-state index contributed by atoms with van der Waals surface area (Å²) in [5, 5.41) is 2.59. The molecule has 30 heavy (non-hydrogen) atoms. The molecule has 0 spiro atoms. The summed E-state index contributed by atoms with van der Waals surface area (Å²) in [6.07, 6.45) is -4.84. The summed E-state index contributed by atoms with van der Waals surface area (Å²) in [6.45, 7) is 0.102. The second-order valence-electron chi connectivity index (χ2n) is 6.13.